The summed E-state index contributed by atoms with van der Waals surface area (Å²) in [5, 5.41) is 3.07. The standard InChI is InChI=1S/C14H21NO5S2/c1-14(2,3)15-9-11(16)10-6-7-12(20-22(5,18)19)13(8-10)21(4)17/h6-8,15H,9H2,1-5H3. The molecule has 0 spiro atoms. The van der Waals surface area contributed by atoms with E-state index in [0.29, 0.717) is 5.56 Å². The van der Waals surface area contributed by atoms with Gasteiger partial charge < -0.3 is 9.50 Å². The topological polar surface area (TPSA) is 89.5 Å². The van der Waals surface area contributed by atoms with E-state index >= 15 is 0 Å². The Hall–Kier alpha value is -1.25. The predicted molar refractivity (Wildman–Crippen MR) is 86.3 cm³/mol. The fourth-order valence-electron chi connectivity index (χ4n) is 1.59. The zero-order chi connectivity index (χ0) is 17.1. The Kier molecular flexibility index (Phi) is 5.89. The van der Waals surface area contributed by atoms with E-state index in [1.165, 1.54) is 24.5 Å². The van der Waals surface area contributed by atoms with Crippen LogP contribution >= 0.6 is 0 Å². The molecule has 1 N–H and O–H groups in total. The maximum Gasteiger partial charge on any atom is 0.306 e. The Morgan fingerprint density at radius 3 is 2.36 bits per heavy atom. The molecular weight excluding hydrogens is 326 g/mol. The molecule has 0 saturated carbocycles. The minimum Gasteiger partial charge on any atom is -0.381 e. The second-order valence-corrected chi connectivity index (χ2v) is 8.85. The number of carbonyl (C=O) groups excluding carboxylic acids is 1. The summed E-state index contributed by atoms with van der Waals surface area (Å²) < 4.78 is 39.0. The summed E-state index contributed by atoms with van der Waals surface area (Å²) in [6.45, 7) is 5.95. The van der Waals surface area contributed by atoms with E-state index in [2.05, 4.69) is 5.32 Å². The van der Waals surface area contributed by atoms with Gasteiger partial charge in [-0.3, -0.25) is 9.00 Å². The van der Waals surface area contributed by atoms with Crippen molar-refractivity contribution in [3.8, 4) is 5.75 Å². The monoisotopic (exact) mass is 347 g/mol. The molecule has 8 heteroatoms. The number of rotatable bonds is 6. The van der Waals surface area contributed by atoms with Gasteiger partial charge in [-0.2, -0.15) is 8.42 Å². The van der Waals surface area contributed by atoms with E-state index in [4.69, 9.17) is 4.18 Å². The van der Waals surface area contributed by atoms with Gasteiger partial charge in [0.25, 0.3) is 0 Å². The zero-order valence-electron chi connectivity index (χ0n) is 13.3. The fourth-order valence-corrected chi connectivity index (χ4v) is 2.80. The van der Waals surface area contributed by atoms with Crippen molar-refractivity contribution in [2.24, 2.45) is 0 Å². The number of nitrogens with one attached hydrogen (secondary N) is 1. The first-order valence-corrected chi connectivity index (χ1v) is 9.92. The molecule has 22 heavy (non-hydrogen) atoms. The van der Waals surface area contributed by atoms with Gasteiger partial charge in [-0.05, 0) is 39.0 Å². The quantitative estimate of drug-likeness (QED) is 0.617. The van der Waals surface area contributed by atoms with Crippen LogP contribution in [0.25, 0.3) is 0 Å². The lowest BCUT2D eigenvalue weighted by atomic mass is 10.1. The van der Waals surface area contributed by atoms with Crippen molar-refractivity contribution in [3.63, 3.8) is 0 Å². The lowest BCUT2D eigenvalue weighted by Gasteiger charge is -2.20. The first-order chi connectivity index (χ1) is 9.89. The van der Waals surface area contributed by atoms with Crippen LogP contribution in [0.3, 0.4) is 0 Å². The molecule has 1 unspecified atom stereocenters. The van der Waals surface area contributed by atoms with E-state index in [-0.39, 0.29) is 28.5 Å². The summed E-state index contributed by atoms with van der Waals surface area (Å²) in [6, 6.07) is 4.22. The number of carbonyl (C=O) groups is 1. The van der Waals surface area contributed by atoms with Crippen LogP contribution in [0.2, 0.25) is 0 Å². The van der Waals surface area contributed by atoms with Crippen LogP contribution in [0.4, 0.5) is 0 Å². The van der Waals surface area contributed by atoms with Crippen molar-refractivity contribution >= 4 is 26.7 Å². The Morgan fingerprint density at radius 2 is 1.91 bits per heavy atom. The van der Waals surface area contributed by atoms with Crippen molar-refractivity contribution < 1.29 is 21.6 Å². The summed E-state index contributed by atoms with van der Waals surface area (Å²) >= 11 is 0. The Balaban J connectivity index is 3.07. The summed E-state index contributed by atoms with van der Waals surface area (Å²) in [5.74, 6) is -0.198. The third-order valence-electron chi connectivity index (χ3n) is 2.60. The lowest BCUT2D eigenvalue weighted by molar-refractivity contribution is 0.0982. The molecule has 1 atom stereocenters. The SMILES string of the molecule is CS(=O)c1cc(C(=O)CNC(C)(C)C)ccc1OS(C)(=O)=O. The van der Waals surface area contributed by atoms with E-state index < -0.39 is 20.9 Å². The van der Waals surface area contributed by atoms with Crippen LogP contribution in [0.1, 0.15) is 31.1 Å². The number of Topliss-reactive ketones (excluding diaryl/α,β-unsaturated/α-hetero) is 1. The lowest BCUT2D eigenvalue weighted by Crippen LogP contribution is -2.39. The van der Waals surface area contributed by atoms with Gasteiger partial charge in [0.2, 0.25) is 0 Å². The summed E-state index contributed by atoms with van der Waals surface area (Å²) in [6.07, 6.45) is 2.30. The molecule has 0 heterocycles. The molecule has 0 aromatic heterocycles. The van der Waals surface area contributed by atoms with E-state index in [1.54, 1.807) is 0 Å². The number of hydrogen-bond donors (Lipinski definition) is 1. The molecule has 0 bridgehead atoms. The molecule has 0 fully saturated rings. The van der Waals surface area contributed by atoms with Gasteiger partial charge in [0.05, 0.1) is 28.5 Å². The Morgan fingerprint density at radius 1 is 1.32 bits per heavy atom. The third kappa shape index (κ3) is 6.25. The Bertz CT molecular complexity index is 690. The predicted octanol–water partition coefficient (Wildman–Crippen LogP) is 1.33. The van der Waals surface area contributed by atoms with Crippen molar-refractivity contribution in [2.45, 2.75) is 31.2 Å². The molecule has 1 aromatic rings. The van der Waals surface area contributed by atoms with Gasteiger partial charge in [0, 0.05) is 17.4 Å². The van der Waals surface area contributed by atoms with E-state index in [0.717, 1.165) is 6.26 Å². The van der Waals surface area contributed by atoms with Gasteiger partial charge in [-0.25, -0.2) is 0 Å². The highest BCUT2D eigenvalue weighted by molar-refractivity contribution is 7.86. The third-order valence-corrected chi connectivity index (χ3v) is 4.02. The number of benzene rings is 1. The average Bonchev–Trinajstić information content (AvgIpc) is 2.33. The normalized spacial score (nSPS) is 13.7. The van der Waals surface area contributed by atoms with Gasteiger partial charge >= 0.3 is 10.1 Å². The van der Waals surface area contributed by atoms with Gasteiger partial charge in [0.15, 0.2) is 11.5 Å². The van der Waals surface area contributed by atoms with Crippen molar-refractivity contribution in [3.05, 3.63) is 23.8 Å². The minimum atomic E-state index is -3.73. The molecule has 0 aliphatic rings. The molecule has 6 nitrogen and oxygen atoms in total. The van der Waals surface area contributed by atoms with Crippen molar-refractivity contribution in [1.29, 1.82) is 0 Å². The number of hydrogen-bond acceptors (Lipinski definition) is 6. The summed E-state index contributed by atoms with van der Waals surface area (Å²) in [7, 11) is -5.21. The minimum absolute atomic E-state index is 0.0244. The maximum atomic E-state index is 12.1. The first-order valence-electron chi connectivity index (χ1n) is 6.54. The van der Waals surface area contributed by atoms with Gasteiger partial charge in [0.1, 0.15) is 0 Å². The summed E-state index contributed by atoms with van der Waals surface area (Å²) in [5.41, 5.74) is 0.147. The Labute approximate surface area is 133 Å². The fraction of sp³-hybridized carbons (Fsp3) is 0.500. The first kappa shape index (κ1) is 18.8. The zero-order valence-corrected chi connectivity index (χ0v) is 14.9. The second kappa shape index (κ2) is 6.89. The molecule has 0 saturated heterocycles. The molecule has 0 aliphatic heterocycles. The van der Waals surface area contributed by atoms with E-state index in [1.807, 2.05) is 20.8 Å². The van der Waals surface area contributed by atoms with Crippen molar-refractivity contribution in [2.75, 3.05) is 19.1 Å². The van der Waals surface area contributed by atoms with Crippen LogP contribution in [0.5, 0.6) is 5.75 Å². The molecule has 0 aliphatic carbocycles. The smallest absolute Gasteiger partial charge is 0.306 e. The number of ketones is 1. The van der Waals surface area contributed by atoms with Crippen LogP contribution in [-0.4, -0.2) is 43.0 Å². The molecule has 1 rings (SSSR count). The van der Waals surface area contributed by atoms with Crippen LogP contribution in [-0.2, 0) is 20.9 Å². The molecular formula is C14H21NO5S2. The van der Waals surface area contributed by atoms with Crippen LogP contribution in [0.15, 0.2) is 23.1 Å². The van der Waals surface area contributed by atoms with Gasteiger partial charge in [-0.15, -0.1) is 0 Å². The van der Waals surface area contributed by atoms with Crippen LogP contribution in [0, 0.1) is 0 Å². The van der Waals surface area contributed by atoms with E-state index in [9.17, 15) is 17.4 Å². The van der Waals surface area contributed by atoms with Crippen LogP contribution < -0.4 is 9.50 Å². The van der Waals surface area contributed by atoms with Crippen molar-refractivity contribution in [1.82, 2.24) is 5.32 Å². The second-order valence-electron chi connectivity index (χ2n) is 5.93. The highest BCUT2D eigenvalue weighted by Gasteiger charge is 2.17. The molecule has 0 radical (unpaired) electrons. The molecule has 124 valence electrons. The molecule has 1 aromatic carbocycles. The molecule has 0 amide bonds. The van der Waals surface area contributed by atoms with Gasteiger partial charge in [-0.1, -0.05) is 0 Å². The highest BCUT2D eigenvalue weighted by Crippen LogP contribution is 2.24. The summed E-state index contributed by atoms with van der Waals surface area (Å²) in [4.78, 5) is 12.3. The maximum absolute atomic E-state index is 12.1. The highest BCUT2D eigenvalue weighted by atomic mass is 32.2. The largest absolute Gasteiger partial charge is 0.381 e. The average molecular weight is 347 g/mol.